The molecule has 2 aromatic carbocycles. The Kier molecular flexibility index (Phi) is 5.39. The van der Waals surface area contributed by atoms with E-state index in [4.69, 9.17) is 16.3 Å². The molecule has 0 aromatic heterocycles. The zero-order valence-corrected chi connectivity index (χ0v) is 13.8. The molecule has 0 aliphatic rings. The first-order valence-electron chi connectivity index (χ1n) is 7.03. The van der Waals surface area contributed by atoms with Crippen molar-refractivity contribution in [2.45, 2.75) is 20.0 Å². The van der Waals surface area contributed by atoms with Crippen LogP contribution in [0, 0.1) is 13.8 Å². The third kappa shape index (κ3) is 4.64. The summed E-state index contributed by atoms with van der Waals surface area (Å²) in [7, 11) is 0. The van der Waals surface area contributed by atoms with E-state index in [2.05, 4.69) is 5.32 Å². The van der Waals surface area contributed by atoms with Crippen LogP contribution in [0.25, 0.3) is 0 Å². The molecule has 1 amide bonds. The summed E-state index contributed by atoms with van der Waals surface area (Å²) in [5, 5.41) is 2.34. The molecule has 1 N–H and O–H groups in total. The van der Waals surface area contributed by atoms with Gasteiger partial charge in [-0.1, -0.05) is 29.3 Å². The van der Waals surface area contributed by atoms with Crippen LogP contribution in [0.2, 0.25) is 5.02 Å². The average molecular weight is 358 g/mol. The van der Waals surface area contributed by atoms with Crippen LogP contribution in [0.3, 0.4) is 0 Å². The molecule has 0 radical (unpaired) electrons. The van der Waals surface area contributed by atoms with Gasteiger partial charge in [-0.05, 0) is 43.7 Å². The summed E-state index contributed by atoms with van der Waals surface area (Å²) < 4.78 is 43.5. The Balaban J connectivity index is 2.04. The summed E-state index contributed by atoms with van der Waals surface area (Å²) in [6.07, 6.45) is -4.51. The summed E-state index contributed by atoms with van der Waals surface area (Å²) >= 11 is 5.83. The van der Waals surface area contributed by atoms with Crippen LogP contribution < -0.4 is 10.1 Å². The summed E-state index contributed by atoms with van der Waals surface area (Å²) in [6.45, 7) is 3.43. The van der Waals surface area contributed by atoms with Crippen molar-refractivity contribution < 1.29 is 22.7 Å². The molecule has 0 heterocycles. The zero-order valence-electron chi connectivity index (χ0n) is 13.0. The standard InChI is InChI=1S/C17H15ClF3NO2/c1-10-3-6-15(11(2)7-10)24-9-16(23)22-14-8-12(17(19,20)21)4-5-13(14)18/h3-8H,9H2,1-2H3,(H,22,23). The van der Waals surface area contributed by atoms with E-state index < -0.39 is 17.6 Å². The predicted octanol–water partition coefficient (Wildman–Crippen LogP) is 4.99. The number of carbonyl (C=O) groups is 1. The molecular weight excluding hydrogens is 343 g/mol. The number of nitrogens with one attached hydrogen (secondary N) is 1. The highest BCUT2D eigenvalue weighted by molar-refractivity contribution is 6.33. The van der Waals surface area contributed by atoms with Crippen molar-refractivity contribution in [3.8, 4) is 5.75 Å². The van der Waals surface area contributed by atoms with E-state index in [0.29, 0.717) is 5.75 Å². The van der Waals surface area contributed by atoms with E-state index in [1.165, 1.54) is 0 Å². The maximum Gasteiger partial charge on any atom is 0.416 e. The van der Waals surface area contributed by atoms with Gasteiger partial charge in [-0.25, -0.2) is 0 Å². The molecule has 0 spiro atoms. The molecule has 128 valence electrons. The summed E-state index contributed by atoms with van der Waals surface area (Å²) in [5.41, 5.74) is 0.915. The van der Waals surface area contributed by atoms with Crippen LogP contribution in [0.1, 0.15) is 16.7 Å². The average Bonchev–Trinajstić information content (AvgIpc) is 2.47. The van der Waals surface area contributed by atoms with Gasteiger partial charge in [0.15, 0.2) is 6.61 Å². The number of hydrogen-bond acceptors (Lipinski definition) is 2. The number of aryl methyl sites for hydroxylation is 2. The Labute approximate surface area is 142 Å². The molecular formula is C17H15ClF3NO2. The third-order valence-corrected chi connectivity index (χ3v) is 3.59. The first kappa shape index (κ1) is 18.1. The quantitative estimate of drug-likeness (QED) is 0.836. The van der Waals surface area contributed by atoms with Gasteiger partial charge in [0.25, 0.3) is 5.91 Å². The van der Waals surface area contributed by atoms with Crippen molar-refractivity contribution in [3.63, 3.8) is 0 Å². The van der Waals surface area contributed by atoms with Gasteiger partial charge in [-0.3, -0.25) is 4.79 Å². The number of benzene rings is 2. The number of halogens is 4. The molecule has 0 atom stereocenters. The maximum atomic E-state index is 12.7. The van der Waals surface area contributed by atoms with Gasteiger partial charge in [-0.15, -0.1) is 0 Å². The number of alkyl halides is 3. The highest BCUT2D eigenvalue weighted by atomic mass is 35.5. The summed E-state index contributed by atoms with van der Waals surface area (Å²) in [6, 6.07) is 8.20. The molecule has 2 aromatic rings. The summed E-state index contributed by atoms with van der Waals surface area (Å²) in [5.74, 6) is -0.0675. The minimum absolute atomic E-state index is 0.0165. The third-order valence-electron chi connectivity index (χ3n) is 3.26. The van der Waals surface area contributed by atoms with Crippen molar-refractivity contribution in [2.75, 3.05) is 11.9 Å². The smallest absolute Gasteiger partial charge is 0.416 e. The number of hydrogen-bond donors (Lipinski definition) is 1. The molecule has 0 fully saturated rings. The lowest BCUT2D eigenvalue weighted by molar-refractivity contribution is -0.137. The number of anilines is 1. The second-order valence-electron chi connectivity index (χ2n) is 5.30. The fourth-order valence-corrected chi connectivity index (χ4v) is 2.25. The molecule has 0 saturated heterocycles. The van der Waals surface area contributed by atoms with Crippen molar-refractivity contribution >= 4 is 23.2 Å². The van der Waals surface area contributed by atoms with Crippen molar-refractivity contribution in [1.82, 2.24) is 0 Å². The maximum absolute atomic E-state index is 12.7. The molecule has 0 bridgehead atoms. The van der Waals surface area contributed by atoms with Crippen LogP contribution in [0.4, 0.5) is 18.9 Å². The Morgan fingerprint density at radius 1 is 1.17 bits per heavy atom. The van der Waals surface area contributed by atoms with E-state index in [-0.39, 0.29) is 17.3 Å². The van der Waals surface area contributed by atoms with Gasteiger partial charge in [-0.2, -0.15) is 13.2 Å². The molecule has 2 rings (SSSR count). The lowest BCUT2D eigenvalue weighted by Gasteiger charge is -2.13. The number of ether oxygens (including phenoxy) is 1. The van der Waals surface area contributed by atoms with Gasteiger partial charge in [0.1, 0.15) is 5.75 Å². The molecule has 24 heavy (non-hydrogen) atoms. The molecule has 0 aliphatic heterocycles. The van der Waals surface area contributed by atoms with Gasteiger partial charge in [0.05, 0.1) is 16.3 Å². The van der Waals surface area contributed by atoms with Crippen molar-refractivity contribution in [3.05, 3.63) is 58.1 Å². The van der Waals surface area contributed by atoms with E-state index in [9.17, 15) is 18.0 Å². The van der Waals surface area contributed by atoms with Crippen molar-refractivity contribution in [2.24, 2.45) is 0 Å². The van der Waals surface area contributed by atoms with Crippen molar-refractivity contribution in [1.29, 1.82) is 0 Å². The Hall–Kier alpha value is -2.21. The van der Waals surface area contributed by atoms with E-state index in [0.717, 1.165) is 29.3 Å². The topological polar surface area (TPSA) is 38.3 Å². The van der Waals surface area contributed by atoms with Gasteiger partial charge in [0.2, 0.25) is 0 Å². The Bertz CT molecular complexity index is 760. The van der Waals surface area contributed by atoms with Crippen LogP contribution in [-0.4, -0.2) is 12.5 Å². The number of carbonyl (C=O) groups excluding carboxylic acids is 1. The lowest BCUT2D eigenvalue weighted by atomic mass is 10.1. The van der Waals surface area contributed by atoms with Crippen LogP contribution >= 0.6 is 11.6 Å². The highest BCUT2D eigenvalue weighted by Crippen LogP contribution is 2.33. The van der Waals surface area contributed by atoms with E-state index in [1.807, 2.05) is 26.0 Å². The number of rotatable bonds is 4. The van der Waals surface area contributed by atoms with Crippen LogP contribution in [0.15, 0.2) is 36.4 Å². The first-order valence-corrected chi connectivity index (χ1v) is 7.41. The SMILES string of the molecule is Cc1ccc(OCC(=O)Nc2cc(C(F)(F)F)ccc2Cl)c(C)c1. The minimum atomic E-state index is -4.51. The van der Waals surface area contributed by atoms with Gasteiger partial charge < -0.3 is 10.1 Å². The lowest BCUT2D eigenvalue weighted by Crippen LogP contribution is -2.21. The first-order chi connectivity index (χ1) is 11.2. The second kappa shape index (κ2) is 7.13. The van der Waals surface area contributed by atoms with E-state index >= 15 is 0 Å². The highest BCUT2D eigenvalue weighted by Gasteiger charge is 2.31. The van der Waals surface area contributed by atoms with Crippen LogP contribution in [0.5, 0.6) is 5.75 Å². The normalized spacial score (nSPS) is 11.2. The molecule has 7 heteroatoms. The molecule has 0 unspecified atom stereocenters. The Morgan fingerprint density at radius 2 is 1.88 bits per heavy atom. The molecule has 3 nitrogen and oxygen atoms in total. The second-order valence-corrected chi connectivity index (χ2v) is 5.71. The van der Waals surface area contributed by atoms with Gasteiger partial charge >= 0.3 is 6.18 Å². The monoisotopic (exact) mass is 357 g/mol. The predicted molar refractivity (Wildman–Crippen MR) is 86.5 cm³/mol. The summed E-state index contributed by atoms with van der Waals surface area (Å²) in [4.78, 5) is 11.9. The number of amides is 1. The minimum Gasteiger partial charge on any atom is -0.483 e. The fourth-order valence-electron chi connectivity index (χ4n) is 2.09. The Morgan fingerprint density at radius 3 is 2.50 bits per heavy atom. The zero-order chi connectivity index (χ0) is 17.9. The molecule has 0 aliphatic carbocycles. The van der Waals surface area contributed by atoms with E-state index in [1.54, 1.807) is 6.07 Å². The van der Waals surface area contributed by atoms with Gasteiger partial charge in [0, 0.05) is 0 Å². The fraction of sp³-hybridized carbons (Fsp3) is 0.235. The van der Waals surface area contributed by atoms with Crippen LogP contribution in [-0.2, 0) is 11.0 Å². The largest absolute Gasteiger partial charge is 0.483 e. The molecule has 0 saturated carbocycles.